The van der Waals surface area contributed by atoms with E-state index in [-0.39, 0.29) is 17.7 Å². The largest absolute Gasteiger partial charge is 0.350 e. The fourth-order valence-electron chi connectivity index (χ4n) is 2.90. The summed E-state index contributed by atoms with van der Waals surface area (Å²) in [5.41, 5.74) is 2.66. The number of nitrogens with zero attached hydrogens (tertiary/aromatic N) is 2. The lowest BCUT2D eigenvalue weighted by atomic mass is 10.1. The summed E-state index contributed by atoms with van der Waals surface area (Å²) in [6, 6.07) is 9.34. The second kappa shape index (κ2) is 6.97. The predicted octanol–water partition coefficient (Wildman–Crippen LogP) is 1.80. The Morgan fingerprint density at radius 3 is 2.48 bits per heavy atom. The summed E-state index contributed by atoms with van der Waals surface area (Å²) in [5.74, 6) is -0.0197. The average molecular weight is 363 g/mol. The van der Waals surface area contributed by atoms with Crippen molar-refractivity contribution >= 4 is 15.9 Å². The minimum Gasteiger partial charge on any atom is -0.350 e. The van der Waals surface area contributed by atoms with Crippen LogP contribution in [0.3, 0.4) is 0 Å². The van der Waals surface area contributed by atoms with Gasteiger partial charge < -0.3 is 9.42 Å². The summed E-state index contributed by atoms with van der Waals surface area (Å²) in [4.78, 5) is 14.2. The maximum Gasteiger partial charge on any atom is 0.292 e. The fraction of sp³-hybridized carbons (Fsp3) is 0.412. The molecule has 2 aromatic rings. The number of sulfonamides is 1. The molecule has 3 rings (SSSR count). The zero-order valence-corrected chi connectivity index (χ0v) is 15.0. The molecule has 1 amide bonds. The van der Waals surface area contributed by atoms with Gasteiger partial charge in [-0.2, -0.15) is 0 Å². The van der Waals surface area contributed by atoms with Crippen LogP contribution < -0.4 is 4.72 Å². The van der Waals surface area contributed by atoms with Gasteiger partial charge in [-0.3, -0.25) is 4.79 Å². The monoisotopic (exact) mass is 363 g/mol. The van der Waals surface area contributed by atoms with E-state index in [4.69, 9.17) is 4.52 Å². The van der Waals surface area contributed by atoms with Crippen molar-refractivity contribution in [1.82, 2.24) is 14.8 Å². The van der Waals surface area contributed by atoms with Crippen LogP contribution in [0.4, 0.5) is 0 Å². The van der Waals surface area contributed by atoms with Crippen molar-refractivity contribution < 1.29 is 17.7 Å². The molecular weight excluding hydrogens is 342 g/mol. The quantitative estimate of drug-likeness (QED) is 0.894. The molecule has 0 aliphatic carbocycles. The smallest absolute Gasteiger partial charge is 0.292 e. The van der Waals surface area contributed by atoms with Crippen LogP contribution in [0, 0.1) is 6.92 Å². The number of amides is 1. The number of hydrogen-bond donors (Lipinski definition) is 1. The number of benzene rings is 1. The molecule has 0 atom stereocenters. The van der Waals surface area contributed by atoms with Gasteiger partial charge in [-0.15, -0.1) is 0 Å². The number of carbonyl (C=O) groups excluding carboxylic acids is 1. The van der Waals surface area contributed by atoms with E-state index in [2.05, 4.69) is 9.88 Å². The predicted molar refractivity (Wildman–Crippen MR) is 93.6 cm³/mol. The molecule has 2 heterocycles. The molecule has 8 heteroatoms. The number of hydrogen-bond acceptors (Lipinski definition) is 5. The molecule has 7 nitrogen and oxygen atoms in total. The van der Waals surface area contributed by atoms with Crippen LogP contribution in [0.15, 0.2) is 34.9 Å². The molecule has 1 aromatic heterocycles. The maximum atomic E-state index is 12.5. The third kappa shape index (κ3) is 4.46. The SMILES string of the molecule is Cc1ccc(-c2cc(C(=O)N3CCC(NS(C)(=O)=O)CC3)on2)cc1. The van der Waals surface area contributed by atoms with Crippen LogP contribution in [-0.4, -0.2) is 49.8 Å². The van der Waals surface area contributed by atoms with Crippen molar-refractivity contribution in [3.63, 3.8) is 0 Å². The average Bonchev–Trinajstić information content (AvgIpc) is 3.04. The lowest BCUT2D eigenvalue weighted by molar-refractivity contribution is 0.0669. The third-order valence-corrected chi connectivity index (χ3v) is 4.99. The number of carbonyl (C=O) groups is 1. The zero-order chi connectivity index (χ0) is 18.0. The van der Waals surface area contributed by atoms with Crippen LogP contribution in [0.5, 0.6) is 0 Å². The normalized spacial score (nSPS) is 16.2. The number of rotatable bonds is 4. The van der Waals surface area contributed by atoms with E-state index in [1.165, 1.54) is 0 Å². The van der Waals surface area contributed by atoms with Gasteiger partial charge in [0.15, 0.2) is 0 Å². The van der Waals surface area contributed by atoms with Crippen molar-refractivity contribution in [2.45, 2.75) is 25.8 Å². The van der Waals surface area contributed by atoms with E-state index in [1.54, 1.807) is 11.0 Å². The van der Waals surface area contributed by atoms with E-state index in [0.29, 0.717) is 31.6 Å². The Bertz CT molecular complexity index is 850. The number of aromatic nitrogens is 1. The van der Waals surface area contributed by atoms with Gasteiger partial charge in [0.2, 0.25) is 15.8 Å². The van der Waals surface area contributed by atoms with Gasteiger partial charge in [-0.1, -0.05) is 35.0 Å². The standard InChI is InChI=1S/C17H21N3O4S/c1-12-3-5-13(6-4-12)15-11-16(24-18-15)17(21)20-9-7-14(8-10-20)19-25(2,22)23/h3-6,11,14,19H,7-10H2,1-2H3. The van der Waals surface area contributed by atoms with E-state index in [1.807, 2.05) is 31.2 Å². The van der Waals surface area contributed by atoms with Gasteiger partial charge in [-0.05, 0) is 19.8 Å². The minimum atomic E-state index is -3.23. The Hall–Kier alpha value is -2.19. The first kappa shape index (κ1) is 17.6. The zero-order valence-electron chi connectivity index (χ0n) is 14.2. The highest BCUT2D eigenvalue weighted by Crippen LogP contribution is 2.21. The second-order valence-corrected chi connectivity index (χ2v) is 8.18. The molecule has 1 aliphatic rings. The molecule has 134 valence electrons. The Morgan fingerprint density at radius 2 is 1.88 bits per heavy atom. The molecule has 1 saturated heterocycles. The lowest BCUT2D eigenvalue weighted by Crippen LogP contribution is -2.46. The summed E-state index contributed by atoms with van der Waals surface area (Å²) < 4.78 is 30.4. The third-order valence-electron chi connectivity index (χ3n) is 4.23. The molecule has 0 unspecified atom stereocenters. The number of nitrogens with one attached hydrogen (secondary N) is 1. The van der Waals surface area contributed by atoms with Crippen LogP contribution in [0.25, 0.3) is 11.3 Å². The molecule has 1 aliphatic heterocycles. The van der Waals surface area contributed by atoms with Crippen molar-refractivity contribution in [1.29, 1.82) is 0 Å². The van der Waals surface area contributed by atoms with Crippen molar-refractivity contribution in [3.05, 3.63) is 41.7 Å². The van der Waals surface area contributed by atoms with E-state index in [0.717, 1.165) is 17.4 Å². The molecule has 1 aromatic carbocycles. The Labute approximate surface area is 147 Å². The van der Waals surface area contributed by atoms with Crippen molar-refractivity contribution in [3.8, 4) is 11.3 Å². The van der Waals surface area contributed by atoms with Gasteiger partial charge in [0.05, 0.1) is 6.26 Å². The molecule has 0 bridgehead atoms. The van der Waals surface area contributed by atoms with Crippen molar-refractivity contribution in [2.24, 2.45) is 0 Å². The van der Waals surface area contributed by atoms with E-state index < -0.39 is 10.0 Å². The molecule has 25 heavy (non-hydrogen) atoms. The van der Waals surface area contributed by atoms with Crippen LogP contribution >= 0.6 is 0 Å². The highest BCUT2D eigenvalue weighted by atomic mass is 32.2. The highest BCUT2D eigenvalue weighted by molar-refractivity contribution is 7.88. The highest BCUT2D eigenvalue weighted by Gasteiger charge is 2.27. The second-order valence-electron chi connectivity index (χ2n) is 6.40. The van der Waals surface area contributed by atoms with Gasteiger partial charge in [0.1, 0.15) is 5.69 Å². The summed E-state index contributed by atoms with van der Waals surface area (Å²) in [6.07, 6.45) is 2.31. The summed E-state index contributed by atoms with van der Waals surface area (Å²) in [7, 11) is -3.23. The van der Waals surface area contributed by atoms with Gasteiger partial charge >= 0.3 is 0 Å². The molecule has 0 radical (unpaired) electrons. The number of likely N-dealkylation sites (tertiary alicyclic amines) is 1. The van der Waals surface area contributed by atoms with E-state index in [9.17, 15) is 13.2 Å². The first-order chi connectivity index (χ1) is 11.8. The maximum absolute atomic E-state index is 12.5. The molecule has 0 spiro atoms. The Morgan fingerprint density at radius 1 is 1.24 bits per heavy atom. The van der Waals surface area contributed by atoms with Crippen LogP contribution in [0.2, 0.25) is 0 Å². The topological polar surface area (TPSA) is 92.5 Å². The molecular formula is C17H21N3O4S. The van der Waals surface area contributed by atoms with Gasteiger partial charge in [0, 0.05) is 30.8 Å². The number of aryl methyl sites for hydroxylation is 1. The summed E-state index contributed by atoms with van der Waals surface area (Å²) in [5, 5.41) is 3.98. The minimum absolute atomic E-state index is 0.128. The van der Waals surface area contributed by atoms with Crippen LogP contribution in [-0.2, 0) is 10.0 Å². The van der Waals surface area contributed by atoms with Gasteiger partial charge in [-0.25, -0.2) is 13.1 Å². The first-order valence-electron chi connectivity index (χ1n) is 8.12. The summed E-state index contributed by atoms with van der Waals surface area (Å²) in [6.45, 7) is 2.96. The summed E-state index contributed by atoms with van der Waals surface area (Å²) >= 11 is 0. The lowest BCUT2D eigenvalue weighted by Gasteiger charge is -2.31. The fourth-order valence-corrected chi connectivity index (χ4v) is 3.74. The molecule has 0 saturated carbocycles. The first-order valence-corrected chi connectivity index (χ1v) is 10.0. The van der Waals surface area contributed by atoms with Crippen molar-refractivity contribution in [2.75, 3.05) is 19.3 Å². The van der Waals surface area contributed by atoms with E-state index >= 15 is 0 Å². The Balaban J connectivity index is 1.64. The van der Waals surface area contributed by atoms with Gasteiger partial charge in [0.25, 0.3) is 5.91 Å². The Kier molecular flexibility index (Phi) is 4.91. The molecule has 1 fully saturated rings. The molecule has 1 N–H and O–H groups in total. The van der Waals surface area contributed by atoms with Crippen LogP contribution in [0.1, 0.15) is 29.0 Å². The number of piperidine rings is 1.